The summed E-state index contributed by atoms with van der Waals surface area (Å²) in [5, 5.41) is 1.10. The number of hydrogen-bond donors (Lipinski definition) is 1. The Morgan fingerprint density at radius 1 is 1.22 bits per heavy atom. The molecule has 0 aliphatic carbocycles. The van der Waals surface area contributed by atoms with Crippen LogP contribution in [-0.4, -0.2) is 13.2 Å². The van der Waals surface area contributed by atoms with Gasteiger partial charge >= 0.3 is 0 Å². The first-order valence-electron chi connectivity index (χ1n) is 6.31. The second-order valence-corrected chi connectivity index (χ2v) is 5.16. The van der Waals surface area contributed by atoms with Crippen LogP contribution in [0, 0.1) is 12.8 Å². The molecular formula is C15H21NO2. The van der Waals surface area contributed by atoms with Gasteiger partial charge in [-0.25, -0.2) is 0 Å². The third kappa shape index (κ3) is 2.42. The van der Waals surface area contributed by atoms with E-state index in [0.29, 0.717) is 5.92 Å². The van der Waals surface area contributed by atoms with Crippen molar-refractivity contribution in [2.75, 3.05) is 7.11 Å². The first-order valence-corrected chi connectivity index (χ1v) is 6.31. The van der Waals surface area contributed by atoms with E-state index in [2.05, 4.69) is 26.8 Å². The molecule has 1 aromatic heterocycles. The fraction of sp³-hybridized carbons (Fsp3) is 0.467. The lowest BCUT2D eigenvalue weighted by Crippen LogP contribution is -2.32. The summed E-state index contributed by atoms with van der Waals surface area (Å²) in [7, 11) is 1.69. The average molecular weight is 247 g/mol. The largest absolute Gasteiger partial charge is 0.459 e. The molecule has 0 saturated carbocycles. The van der Waals surface area contributed by atoms with Gasteiger partial charge < -0.3 is 14.9 Å². The lowest BCUT2D eigenvalue weighted by atomic mass is 9.98. The van der Waals surface area contributed by atoms with Gasteiger partial charge in [0, 0.05) is 12.5 Å². The molecule has 18 heavy (non-hydrogen) atoms. The molecule has 2 aromatic rings. The molecule has 0 saturated heterocycles. The Morgan fingerprint density at radius 3 is 2.56 bits per heavy atom. The summed E-state index contributed by atoms with van der Waals surface area (Å²) in [6.45, 7) is 6.26. The van der Waals surface area contributed by atoms with Crippen molar-refractivity contribution >= 4 is 11.0 Å². The molecule has 2 rings (SSSR count). The Bertz CT molecular complexity index is 530. The topological polar surface area (TPSA) is 48.4 Å². The van der Waals surface area contributed by atoms with E-state index < -0.39 is 0 Å². The molecule has 0 bridgehead atoms. The highest BCUT2D eigenvalue weighted by Gasteiger charge is 2.25. The van der Waals surface area contributed by atoms with E-state index in [0.717, 1.165) is 16.7 Å². The zero-order valence-electron chi connectivity index (χ0n) is 11.4. The van der Waals surface area contributed by atoms with Crippen molar-refractivity contribution in [3.05, 3.63) is 35.6 Å². The molecule has 3 heteroatoms. The molecule has 0 amide bonds. The fourth-order valence-corrected chi connectivity index (χ4v) is 2.34. The van der Waals surface area contributed by atoms with Gasteiger partial charge in [0.25, 0.3) is 0 Å². The number of hydrogen-bond acceptors (Lipinski definition) is 3. The normalized spacial score (nSPS) is 15.2. The number of methoxy groups -OCH3 is 1. The third-order valence-corrected chi connectivity index (χ3v) is 3.30. The van der Waals surface area contributed by atoms with Gasteiger partial charge in [0.05, 0.1) is 12.1 Å². The van der Waals surface area contributed by atoms with E-state index in [4.69, 9.17) is 14.9 Å². The molecule has 2 unspecified atom stereocenters. The molecule has 3 nitrogen and oxygen atoms in total. The lowest BCUT2D eigenvalue weighted by molar-refractivity contribution is 0.0385. The van der Waals surface area contributed by atoms with Crippen LogP contribution in [0.4, 0.5) is 0 Å². The van der Waals surface area contributed by atoms with Crippen LogP contribution in [0.3, 0.4) is 0 Å². The summed E-state index contributed by atoms with van der Waals surface area (Å²) in [6.07, 6.45) is -0.0355. The number of fused-ring (bicyclic) bond motifs is 1. The highest BCUT2D eigenvalue weighted by Crippen LogP contribution is 2.28. The van der Waals surface area contributed by atoms with Crippen LogP contribution >= 0.6 is 0 Å². The number of aryl methyl sites for hydroxylation is 1. The second kappa shape index (κ2) is 5.12. The van der Waals surface area contributed by atoms with E-state index in [1.807, 2.05) is 18.2 Å². The number of nitrogens with two attached hydrogens (primary N) is 1. The molecule has 0 aliphatic heterocycles. The molecule has 1 aromatic carbocycles. The van der Waals surface area contributed by atoms with Crippen molar-refractivity contribution in [2.45, 2.75) is 32.9 Å². The van der Waals surface area contributed by atoms with Crippen LogP contribution in [0.1, 0.15) is 31.2 Å². The van der Waals surface area contributed by atoms with Crippen LogP contribution in [-0.2, 0) is 4.74 Å². The van der Waals surface area contributed by atoms with Gasteiger partial charge in [0.15, 0.2) is 0 Å². The summed E-state index contributed by atoms with van der Waals surface area (Å²) >= 11 is 0. The molecular weight excluding hydrogens is 226 g/mol. The summed E-state index contributed by atoms with van der Waals surface area (Å²) < 4.78 is 11.3. The van der Waals surface area contributed by atoms with Crippen molar-refractivity contribution < 1.29 is 9.15 Å². The predicted molar refractivity (Wildman–Crippen MR) is 73.5 cm³/mol. The Labute approximate surface area is 108 Å². The monoisotopic (exact) mass is 247 g/mol. The number of ether oxygens (including phenoxy) is 1. The van der Waals surface area contributed by atoms with E-state index >= 15 is 0 Å². The van der Waals surface area contributed by atoms with Crippen LogP contribution in [0.2, 0.25) is 0 Å². The molecule has 98 valence electrons. The Morgan fingerprint density at radius 2 is 1.94 bits per heavy atom. The van der Waals surface area contributed by atoms with Crippen molar-refractivity contribution in [2.24, 2.45) is 11.7 Å². The second-order valence-electron chi connectivity index (χ2n) is 5.16. The van der Waals surface area contributed by atoms with Crippen LogP contribution < -0.4 is 5.73 Å². The molecule has 2 atom stereocenters. The van der Waals surface area contributed by atoms with E-state index in [9.17, 15) is 0 Å². The van der Waals surface area contributed by atoms with E-state index in [1.54, 1.807) is 7.11 Å². The quantitative estimate of drug-likeness (QED) is 0.900. The number of benzene rings is 1. The highest BCUT2D eigenvalue weighted by molar-refractivity contribution is 5.78. The van der Waals surface area contributed by atoms with Crippen molar-refractivity contribution in [3.63, 3.8) is 0 Å². The zero-order valence-corrected chi connectivity index (χ0v) is 11.4. The Balaban J connectivity index is 2.35. The molecule has 0 fully saturated rings. The Kier molecular flexibility index (Phi) is 3.73. The highest BCUT2D eigenvalue weighted by atomic mass is 16.5. The molecule has 0 radical (unpaired) electrons. The summed E-state index contributed by atoms with van der Waals surface area (Å²) in [4.78, 5) is 0. The van der Waals surface area contributed by atoms with Gasteiger partial charge in [0.2, 0.25) is 0 Å². The first-order chi connectivity index (χ1) is 8.52. The van der Waals surface area contributed by atoms with Crippen molar-refractivity contribution in [1.29, 1.82) is 0 Å². The van der Waals surface area contributed by atoms with Crippen LogP contribution in [0.5, 0.6) is 0 Å². The van der Waals surface area contributed by atoms with Gasteiger partial charge in [0.1, 0.15) is 11.3 Å². The standard InChI is InChI=1S/C15H21NO2/c1-9(2)15(17-4)14(16)13-8-11-7-10(3)5-6-12(11)18-13/h5-9,14-15H,16H2,1-4H3. The minimum atomic E-state index is -0.234. The summed E-state index contributed by atoms with van der Waals surface area (Å²) in [5.74, 6) is 1.14. The maximum absolute atomic E-state index is 6.23. The lowest BCUT2D eigenvalue weighted by Gasteiger charge is -2.24. The van der Waals surface area contributed by atoms with Gasteiger partial charge in [-0.2, -0.15) is 0 Å². The van der Waals surface area contributed by atoms with Crippen LogP contribution in [0.15, 0.2) is 28.7 Å². The smallest absolute Gasteiger partial charge is 0.134 e. The molecule has 1 heterocycles. The van der Waals surface area contributed by atoms with Crippen molar-refractivity contribution in [3.8, 4) is 0 Å². The third-order valence-electron chi connectivity index (χ3n) is 3.30. The van der Waals surface area contributed by atoms with E-state index in [-0.39, 0.29) is 12.1 Å². The van der Waals surface area contributed by atoms with Gasteiger partial charge in [-0.3, -0.25) is 0 Å². The minimum absolute atomic E-state index is 0.0355. The molecule has 0 spiro atoms. The average Bonchev–Trinajstić information content (AvgIpc) is 2.72. The predicted octanol–water partition coefficient (Wildman–Crippen LogP) is 3.41. The Hall–Kier alpha value is -1.32. The molecule has 2 N–H and O–H groups in total. The van der Waals surface area contributed by atoms with Crippen molar-refractivity contribution in [1.82, 2.24) is 0 Å². The van der Waals surface area contributed by atoms with Gasteiger partial charge in [-0.05, 0) is 31.0 Å². The summed E-state index contributed by atoms with van der Waals surface area (Å²) in [5.41, 5.74) is 8.33. The number of rotatable bonds is 4. The maximum atomic E-state index is 6.23. The minimum Gasteiger partial charge on any atom is -0.459 e. The zero-order chi connectivity index (χ0) is 13.3. The summed E-state index contributed by atoms with van der Waals surface area (Å²) in [6, 6.07) is 7.91. The molecule has 0 aliphatic rings. The first kappa shape index (κ1) is 13.1. The SMILES string of the molecule is COC(C(C)C)C(N)c1cc2cc(C)ccc2o1. The fourth-order valence-electron chi connectivity index (χ4n) is 2.34. The maximum Gasteiger partial charge on any atom is 0.134 e. The van der Waals surface area contributed by atoms with Crippen LogP contribution in [0.25, 0.3) is 11.0 Å². The van der Waals surface area contributed by atoms with Gasteiger partial charge in [-0.1, -0.05) is 25.5 Å². The van der Waals surface area contributed by atoms with E-state index in [1.165, 1.54) is 5.56 Å². The number of furan rings is 1. The van der Waals surface area contributed by atoms with Gasteiger partial charge in [-0.15, -0.1) is 0 Å².